The molecule has 1 saturated heterocycles. The Balaban J connectivity index is 1.46. The lowest BCUT2D eigenvalue weighted by Crippen LogP contribution is -2.43. The molecule has 1 aliphatic carbocycles. The van der Waals surface area contributed by atoms with Gasteiger partial charge in [0.05, 0.1) is 36.9 Å². The number of nitrogens with zero attached hydrogens (tertiary/aromatic N) is 2. The molecule has 5 rings (SSSR count). The molecule has 1 saturated carbocycles. The first-order valence-corrected chi connectivity index (χ1v) is 11.4. The van der Waals surface area contributed by atoms with E-state index in [9.17, 15) is 14.0 Å². The second kappa shape index (κ2) is 8.92. The Morgan fingerprint density at radius 1 is 1.16 bits per heavy atom. The number of rotatable bonds is 5. The van der Waals surface area contributed by atoms with Crippen LogP contribution in [-0.4, -0.2) is 80.2 Å². The van der Waals surface area contributed by atoms with Gasteiger partial charge >= 0.3 is 0 Å². The van der Waals surface area contributed by atoms with E-state index >= 15 is 0 Å². The van der Waals surface area contributed by atoms with Crippen molar-refractivity contribution >= 4 is 11.7 Å². The maximum atomic E-state index is 14.1. The van der Waals surface area contributed by atoms with E-state index in [1.165, 1.54) is 12.1 Å². The highest BCUT2D eigenvalue weighted by molar-refractivity contribution is 6.11. The Labute approximate surface area is 187 Å². The standard InChI is InChI=1S/C24H29FN2O5/c1-30-17-5-6-18-19(14-17)32-23-20(22(18)28)21(15-3-2-4-16(25)13-15)27(24(23)29)8-7-26-9-11-31-12-10-26/h2-4,13,17-19,21H,5-12,14H2,1H3. The number of carbonyl (C=O) groups is 2. The molecule has 3 aliphatic heterocycles. The fourth-order valence-electron chi connectivity index (χ4n) is 5.42. The third-order valence-electron chi connectivity index (χ3n) is 7.16. The molecule has 1 aromatic rings. The van der Waals surface area contributed by atoms with Gasteiger partial charge in [0.15, 0.2) is 11.5 Å². The third kappa shape index (κ3) is 3.84. The van der Waals surface area contributed by atoms with E-state index in [0.717, 1.165) is 19.5 Å². The zero-order chi connectivity index (χ0) is 22.2. The Morgan fingerprint density at radius 3 is 2.72 bits per heavy atom. The van der Waals surface area contributed by atoms with E-state index in [4.69, 9.17) is 14.2 Å². The topological polar surface area (TPSA) is 68.3 Å². The van der Waals surface area contributed by atoms with Crippen LogP contribution in [0.2, 0.25) is 0 Å². The number of ether oxygens (including phenoxy) is 3. The first kappa shape index (κ1) is 21.6. The number of halogens is 1. The highest BCUT2D eigenvalue weighted by Gasteiger charge is 2.52. The molecule has 172 valence electrons. The molecule has 0 spiro atoms. The van der Waals surface area contributed by atoms with E-state index in [1.807, 2.05) is 0 Å². The number of morpholine rings is 1. The lowest BCUT2D eigenvalue weighted by atomic mass is 9.76. The number of hydrogen-bond donors (Lipinski definition) is 0. The van der Waals surface area contributed by atoms with E-state index in [2.05, 4.69) is 4.90 Å². The summed E-state index contributed by atoms with van der Waals surface area (Å²) in [5, 5.41) is 0. The largest absolute Gasteiger partial charge is 0.483 e. The third-order valence-corrected chi connectivity index (χ3v) is 7.16. The minimum absolute atomic E-state index is 0.0270. The van der Waals surface area contributed by atoms with E-state index in [-0.39, 0.29) is 41.4 Å². The second-order valence-electron chi connectivity index (χ2n) is 8.95. The summed E-state index contributed by atoms with van der Waals surface area (Å²) in [6, 6.07) is 5.56. The SMILES string of the molecule is COC1CCC2C(=O)C3=C(OC2C1)C(=O)N(CCN1CCOCC1)C3c1cccc(F)c1. The van der Waals surface area contributed by atoms with Crippen LogP contribution in [0.3, 0.4) is 0 Å². The van der Waals surface area contributed by atoms with Crippen molar-refractivity contribution in [3.8, 4) is 0 Å². The van der Waals surface area contributed by atoms with Crippen molar-refractivity contribution in [2.24, 2.45) is 5.92 Å². The lowest BCUT2D eigenvalue weighted by molar-refractivity contribution is -0.138. The van der Waals surface area contributed by atoms with Crippen LogP contribution in [0.4, 0.5) is 4.39 Å². The Kier molecular flexibility index (Phi) is 6.01. The van der Waals surface area contributed by atoms with Gasteiger partial charge in [-0.2, -0.15) is 0 Å². The quantitative estimate of drug-likeness (QED) is 0.693. The summed E-state index contributed by atoms with van der Waals surface area (Å²) in [6.07, 6.45) is 1.72. The first-order valence-electron chi connectivity index (χ1n) is 11.4. The molecular formula is C24H29FN2O5. The van der Waals surface area contributed by atoms with Crippen LogP contribution in [0.5, 0.6) is 0 Å². The van der Waals surface area contributed by atoms with Gasteiger partial charge in [0.25, 0.3) is 5.91 Å². The molecule has 0 N–H and O–H groups in total. The van der Waals surface area contributed by atoms with Crippen molar-refractivity contribution in [2.75, 3.05) is 46.5 Å². The molecule has 4 atom stereocenters. The molecule has 7 nitrogen and oxygen atoms in total. The summed E-state index contributed by atoms with van der Waals surface area (Å²) in [4.78, 5) is 31.0. The molecule has 4 unspecified atom stereocenters. The predicted molar refractivity (Wildman–Crippen MR) is 113 cm³/mol. The van der Waals surface area contributed by atoms with Crippen molar-refractivity contribution in [2.45, 2.75) is 37.5 Å². The first-order chi connectivity index (χ1) is 15.6. The molecule has 32 heavy (non-hydrogen) atoms. The summed E-state index contributed by atoms with van der Waals surface area (Å²) >= 11 is 0. The van der Waals surface area contributed by atoms with E-state index in [0.29, 0.717) is 50.3 Å². The Morgan fingerprint density at radius 2 is 1.97 bits per heavy atom. The van der Waals surface area contributed by atoms with Gasteiger partial charge in [0.1, 0.15) is 11.9 Å². The summed E-state index contributed by atoms with van der Waals surface area (Å²) in [5.74, 6) is -0.858. The molecule has 8 heteroatoms. The zero-order valence-electron chi connectivity index (χ0n) is 18.3. The zero-order valence-corrected chi connectivity index (χ0v) is 18.3. The van der Waals surface area contributed by atoms with E-state index < -0.39 is 6.04 Å². The van der Waals surface area contributed by atoms with Crippen molar-refractivity contribution < 1.29 is 28.2 Å². The number of fused-ring (bicyclic) bond motifs is 1. The summed E-state index contributed by atoms with van der Waals surface area (Å²) in [7, 11) is 1.66. The van der Waals surface area contributed by atoms with Gasteiger partial charge in [0, 0.05) is 39.7 Å². The summed E-state index contributed by atoms with van der Waals surface area (Å²) in [6.45, 7) is 4.03. The van der Waals surface area contributed by atoms with Crippen LogP contribution < -0.4 is 0 Å². The number of methoxy groups -OCH3 is 1. The molecule has 0 aromatic heterocycles. The van der Waals surface area contributed by atoms with Crippen LogP contribution in [0.15, 0.2) is 35.6 Å². The molecule has 2 fully saturated rings. The monoisotopic (exact) mass is 444 g/mol. The number of benzene rings is 1. The molecule has 4 aliphatic rings. The molecular weight excluding hydrogens is 415 g/mol. The molecule has 0 bridgehead atoms. The molecule has 0 radical (unpaired) electrons. The number of ketones is 1. The fourth-order valence-corrected chi connectivity index (χ4v) is 5.42. The molecule has 3 heterocycles. The fraction of sp³-hybridized carbons (Fsp3) is 0.583. The predicted octanol–water partition coefficient (Wildman–Crippen LogP) is 2.08. The van der Waals surface area contributed by atoms with E-state index in [1.54, 1.807) is 24.1 Å². The molecule has 1 aromatic carbocycles. The number of hydrogen-bond acceptors (Lipinski definition) is 6. The Bertz CT molecular complexity index is 929. The lowest BCUT2D eigenvalue weighted by Gasteiger charge is -2.38. The maximum Gasteiger partial charge on any atom is 0.290 e. The van der Waals surface area contributed by atoms with Gasteiger partial charge < -0.3 is 19.1 Å². The van der Waals surface area contributed by atoms with Gasteiger partial charge in [-0.05, 0) is 30.5 Å². The van der Waals surface area contributed by atoms with Gasteiger partial charge in [-0.3, -0.25) is 14.5 Å². The molecule has 1 amide bonds. The summed E-state index contributed by atoms with van der Waals surface area (Å²) in [5.41, 5.74) is 0.992. The van der Waals surface area contributed by atoms with Crippen molar-refractivity contribution in [3.63, 3.8) is 0 Å². The van der Waals surface area contributed by atoms with Crippen LogP contribution >= 0.6 is 0 Å². The van der Waals surface area contributed by atoms with Crippen molar-refractivity contribution in [3.05, 3.63) is 47.0 Å². The minimum Gasteiger partial charge on any atom is -0.483 e. The minimum atomic E-state index is -0.622. The highest BCUT2D eigenvalue weighted by atomic mass is 19.1. The van der Waals surface area contributed by atoms with Gasteiger partial charge in [-0.15, -0.1) is 0 Å². The highest BCUT2D eigenvalue weighted by Crippen LogP contribution is 2.47. The normalized spacial score (nSPS) is 30.9. The van der Waals surface area contributed by atoms with Crippen LogP contribution in [-0.2, 0) is 23.8 Å². The van der Waals surface area contributed by atoms with Gasteiger partial charge in [-0.1, -0.05) is 12.1 Å². The van der Waals surface area contributed by atoms with Crippen LogP contribution in [0.1, 0.15) is 30.9 Å². The smallest absolute Gasteiger partial charge is 0.290 e. The average molecular weight is 445 g/mol. The second-order valence-corrected chi connectivity index (χ2v) is 8.95. The van der Waals surface area contributed by atoms with Crippen molar-refractivity contribution in [1.82, 2.24) is 9.80 Å². The van der Waals surface area contributed by atoms with Crippen molar-refractivity contribution in [1.29, 1.82) is 0 Å². The Hall–Kier alpha value is -2.29. The number of amides is 1. The maximum absolute atomic E-state index is 14.1. The van der Waals surface area contributed by atoms with Gasteiger partial charge in [0.2, 0.25) is 0 Å². The average Bonchev–Trinajstić information content (AvgIpc) is 3.10. The number of Topliss-reactive ketones (excluding diaryl/α,β-unsaturated/α-hetero) is 1. The van der Waals surface area contributed by atoms with Crippen LogP contribution in [0, 0.1) is 11.7 Å². The number of carbonyl (C=O) groups excluding carboxylic acids is 2. The van der Waals surface area contributed by atoms with Gasteiger partial charge in [-0.25, -0.2) is 4.39 Å². The summed E-state index contributed by atoms with van der Waals surface area (Å²) < 4.78 is 31.2. The van der Waals surface area contributed by atoms with Crippen LogP contribution in [0.25, 0.3) is 0 Å².